The van der Waals surface area contributed by atoms with Gasteiger partial charge >= 0.3 is 0 Å². The molecule has 1 aromatic rings. The lowest BCUT2D eigenvalue weighted by Gasteiger charge is -1.96. The number of halogens is 1. The molecule has 0 atom stereocenters. The number of hydrogen-bond acceptors (Lipinski definition) is 1. The second-order valence-electron chi connectivity index (χ2n) is 2.37. The summed E-state index contributed by atoms with van der Waals surface area (Å²) in [6.07, 6.45) is 0. The van der Waals surface area contributed by atoms with Gasteiger partial charge in [0, 0.05) is 5.02 Å². The molecule has 1 rings (SSSR count). The lowest BCUT2D eigenvalue weighted by atomic mass is 10.2. The van der Waals surface area contributed by atoms with E-state index in [1.165, 1.54) is 0 Å². The maximum absolute atomic E-state index is 5.69. The van der Waals surface area contributed by atoms with Crippen molar-refractivity contribution in [3.63, 3.8) is 0 Å². The second-order valence-corrected chi connectivity index (χ2v) is 2.80. The van der Waals surface area contributed by atoms with Crippen LogP contribution in [0.4, 0.5) is 0 Å². The maximum atomic E-state index is 5.69. The zero-order valence-electron chi connectivity index (χ0n) is 6.50. The molecule has 0 aliphatic carbocycles. The zero-order chi connectivity index (χ0) is 8.97. The van der Waals surface area contributed by atoms with Crippen LogP contribution < -0.4 is 11.5 Å². The quantitative estimate of drug-likeness (QED) is 0.533. The molecule has 0 unspecified atom stereocenters. The monoisotopic (exact) mass is 183 g/mol. The molecule has 1 aromatic carbocycles. The Morgan fingerprint density at radius 3 is 2.33 bits per heavy atom. The molecule has 0 aliphatic rings. The molecule has 0 radical (unpaired) electrons. The fourth-order valence-electron chi connectivity index (χ4n) is 0.772. The summed E-state index contributed by atoms with van der Waals surface area (Å²) in [4.78, 5) is 3.85. The normalized spacial score (nSPS) is 9.42. The van der Waals surface area contributed by atoms with Crippen molar-refractivity contribution in [3.05, 3.63) is 34.9 Å². The standard InChI is InChI=1S/C8H10ClN3/c9-7-3-1-6(2-4-7)5-12-8(10)11/h1-4H,5H2,(H4,10,11,12). The van der Waals surface area contributed by atoms with Crippen LogP contribution in [0, 0.1) is 0 Å². The van der Waals surface area contributed by atoms with Gasteiger partial charge in [-0.25, -0.2) is 4.99 Å². The molecule has 4 N–H and O–H groups in total. The fraction of sp³-hybridized carbons (Fsp3) is 0.125. The van der Waals surface area contributed by atoms with Gasteiger partial charge in [-0.2, -0.15) is 0 Å². The molecule has 64 valence electrons. The molecule has 0 bridgehead atoms. The SMILES string of the molecule is NC(N)=NCc1ccc(Cl)cc1. The van der Waals surface area contributed by atoms with Crippen LogP contribution in [0.25, 0.3) is 0 Å². The van der Waals surface area contributed by atoms with Crippen molar-refractivity contribution >= 4 is 17.6 Å². The van der Waals surface area contributed by atoms with Gasteiger partial charge in [0.05, 0.1) is 6.54 Å². The number of aliphatic imine (C=N–C) groups is 1. The summed E-state index contributed by atoms with van der Waals surface area (Å²) >= 11 is 5.69. The Bertz CT molecular complexity index is 275. The van der Waals surface area contributed by atoms with Crippen LogP contribution in [0.3, 0.4) is 0 Å². The van der Waals surface area contributed by atoms with Crippen LogP contribution in [0.5, 0.6) is 0 Å². The first-order chi connectivity index (χ1) is 5.68. The molecule has 0 aromatic heterocycles. The summed E-state index contributed by atoms with van der Waals surface area (Å²) in [7, 11) is 0. The van der Waals surface area contributed by atoms with Crippen molar-refractivity contribution in [2.75, 3.05) is 0 Å². The lowest BCUT2D eigenvalue weighted by Crippen LogP contribution is -2.22. The molecule has 0 aliphatic heterocycles. The Balaban J connectivity index is 2.65. The Morgan fingerprint density at radius 1 is 1.25 bits per heavy atom. The highest BCUT2D eigenvalue weighted by atomic mass is 35.5. The molecule has 12 heavy (non-hydrogen) atoms. The average Bonchev–Trinajstić information content (AvgIpc) is 2.03. The van der Waals surface area contributed by atoms with Gasteiger partial charge in [-0.3, -0.25) is 0 Å². The van der Waals surface area contributed by atoms with Crippen molar-refractivity contribution in [1.29, 1.82) is 0 Å². The molecular weight excluding hydrogens is 174 g/mol. The Hall–Kier alpha value is -1.22. The Labute approximate surface area is 76.0 Å². The van der Waals surface area contributed by atoms with Gasteiger partial charge in [0.25, 0.3) is 0 Å². The van der Waals surface area contributed by atoms with Gasteiger partial charge < -0.3 is 11.5 Å². The molecule has 4 heteroatoms. The van der Waals surface area contributed by atoms with E-state index >= 15 is 0 Å². The van der Waals surface area contributed by atoms with Crippen LogP contribution in [0.1, 0.15) is 5.56 Å². The molecule has 0 saturated carbocycles. The van der Waals surface area contributed by atoms with Crippen molar-refractivity contribution in [1.82, 2.24) is 0 Å². The van der Waals surface area contributed by atoms with E-state index in [0.29, 0.717) is 11.6 Å². The summed E-state index contributed by atoms with van der Waals surface area (Å²) in [5, 5.41) is 0.712. The van der Waals surface area contributed by atoms with E-state index in [9.17, 15) is 0 Å². The van der Waals surface area contributed by atoms with Gasteiger partial charge in [-0.05, 0) is 17.7 Å². The largest absolute Gasteiger partial charge is 0.370 e. The highest BCUT2D eigenvalue weighted by Crippen LogP contribution is 2.09. The molecular formula is C8H10ClN3. The summed E-state index contributed by atoms with van der Waals surface area (Å²) in [6, 6.07) is 7.38. The van der Waals surface area contributed by atoms with Crippen molar-refractivity contribution in [2.24, 2.45) is 16.5 Å². The van der Waals surface area contributed by atoms with Gasteiger partial charge in [0.1, 0.15) is 0 Å². The topological polar surface area (TPSA) is 64.4 Å². The van der Waals surface area contributed by atoms with Crippen LogP contribution in [-0.4, -0.2) is 5.96 Å². The minimum absolute atomic E-state index is 0.102. The smallest absolute Gasteiger partial charge is 0.186 e. The molecule has 0 amide bonds. The van der Waals surface area contributed by atoms with E-state index in [0.717, 1.165) is 5.56 Å². The van der Waals surface area contributed by atoms with Crippen LogP contribution in [-0.2, 0) is 6.54 Å². The second kappa shape index (κ2) is 3.97. The first kappa shape index (κ1) is 8.87. The number of rotatable bonds is 2. The molecule has 0 fully saturated rings. The van der Waals surface area contributed by atoms with Gasteiger partial charge in [-0.1, -0.05) is 23.7 Å². The van der Waals surface area contributed by atoms with E-state index in [4.69, 9.17) is 23.1 Å². The summed E-state index contributed by atoms with van der Waals surface area (Å²) in [6.45, 7) is 0.500. The number of guanidine groups is 1. The number of benzene rings is 1. The molecule has 0 saturated heterocycles. The predicted molar refractivity (Wildman–Crippen MR) is 51.0 cm³/mol. The van der Waals surface area contributed by atoms with Crippen LogP contribution in [0.2, 0.25) is 5.02 Å². The van der Waals surface area contributed by atoms with E-state index in [-0.39, 0.29) is 5.96 Å². The highest BCUT2D eigenvalue weighted by Gasteiger charge is 1.90. The minimum atomic E-state index is 0.102. The van der Waals surface area contributed by atoms with Crippen LogP contribution >= 0.6 is 11.6 Å². The average molecular weight is 184 g/mol. The molecule has 0 spiro atoms. The van der Waals surface area contributed by atoms with E-state index in [1.54, 1.807) is 12.1 Å². The number of hydrogen-bond donors (Lipinski definition) is 2. The van der Waals surface area contributed by atoms with E-state index < -0.39 is 0 Å². The first-order valence-corrected chi connectivity index (χ1v) is 3.86. The third-order valence-corrected chi connectivity index (χ3v) is 1.61. The van der Waals surface area contributed by atoms with E-state index in [2.05, 4.69) is 4.99 Å². The van der Waals surface area contributed by atoms with E-state index in [1.807, 2.05) is 12.1 Å². The van der Waals surface area contributed by atoms with Crippen molar-refractivity contribution in [3.8, 4) is 0 Å². The molecule has 3 nitrogen and oxygen atoms in total. The predicted octanol–water partition coefficient (Wildman–Crippen LogP) is 1.11. The Kier molecular flexibility index (Phi) is 2.94. The summed E-state index contributed by atoms with van der Waals surface area (Å²) in [5.74, 6) is 0.102. The third-order valence-electron chi connectivity index (χ3n) is 1.36. The number of nitrogens with two attached hydrogens (primary N) is 2. The zero-order valence-corrected chi connectivity index (χ0v) is 7.25. The van der Waals surface area contributed by atoms with Crippen molar-refractivity contribution < 1.29 is 0 Å². The number of nitrogens with zero attached hydrogens (tertiary/aromatic N) is 1. The fourth-order valence-corrected chi connectivity index (χ4v) is 0.898. The van der Waals surface area contributed by atoms with Crippen molar-refractivity contribution in [2.45, 2.75) is 6.54 Å². The molecule has 0 heterocycles. The summed E-state index contributed by atoms with van der Waals surface area (Å²) < 4.78 is 0. The van der Waals surface area contributed by atoms with Gasteiger partial charge in [0.15, 0.2) is 5.96 Å². The highest BCUT2D eigenvalue weighted by molar-refractivity contribution is 6.30. The lowest BCUT2D eigenvalue weighted by molar-refractivity contribution is 1.05. The van der Waals surface area contributed by atoms with Crippen LogP contribution in [0.15, 0.2) is 29.3 Å². The summed E-state index contributed by atoms with van der Waals surface area (Å²) in [5.41, 5.74) is 11.4. The van der Waals surface area contributed by atoms with Gasteiger partial charge in [-0.15, -0.1) is 0 Å². The third kappa shape index (κ3) is 2.80. The maximum Gasteiger partial charge on any atom is 0.186 e. The Morgan fingerprint density at radius 2 is 1.83 bits per heavy atom. The van der Waals surface area contributed by atoms with Gasteiger partial charge in [0.2, 0.25) is 0 Å². The minimum Gasteiger partial charge on any atom is -0.370 e. The first-order valence-electron chi connectivity index (χ1n) is 3.48.